The van der Waals surface area contributed by atoms with Crippen LogP contribution in [0, 0.1) is 19.8 Å². The number of aromatic nitrogens is 3. The van der Waals surface area contributed by atoms with E-state index < -0.39 is 0 Å². The summed E-state index contributed by atoms with van der Waals surface area (Å²) in [6.45, 7) is 14.9. The van der Waals surface area contributed by atoms with E-state index in [4.69, 9.17) is 4.99 Å². The standard InChI is InChI=1S/C21H33N7/c1-5-22-21(24-15-17(2)16-28-19(4)14-18(3)25-28)27-12-10-26(11-13-27)20-8-6-7-9-23-20/h6-9,14,17H,5,10-13,15-16H2,1-4H3,(H,22,24). The van der Waals surface area contributed by atoms with Gasteiger partial charge in [-0.3, -0.25) is 9.67 Å². The van der Waals surface area contributed by atoms with Gasteiger partial charge in [0.15, 0.2) is 5.96 Å². The van der Waals surface area contributed by atoms with Crippen molar-refractivity contribution < 1.29 is 0 Å². The monoisotopic (exact) mass is 383 g/mol. The highest BCUT2D eigenvalue weighted by Gasteiger charge is 2.20. The van der Waals surface area contributed by atoms with Crippen LogP contribution in [-0.2, 0) is 6.54 Å². The molecule has 2 aromatic rings. The Bertz CT molecular complexity index is 760. The van der Waals surface area contributed by atoms with Crippen LogP contribution in [0.25, 0.3) is 0 Å². The van der Waals surface area contributed by atoms with Crippen LogP contribution < -0.4 is 10.2 Å². The maximum Gasteiger partial charge on any atom is 0.194 e. The van der Waals surface area contributed by atoms with E-state index in [1.807, 2.05) is 25.3 Å². The van der Waals surface area contributed by atoms with E-state index in [-0.39, 0.29) is 0 Å². The van der Waals surface area contributed by atoms with Gasteiger partial charge in [-0.05, 0) is 44.9 Å². The number of anilines is 1. The van der Waals surface area contributed by atoms with E-state index in [1.165, 1.54) is 5.69 Å². The highest BCUT2D eigenvalue weighted by atomic mass is 15.4. The van der Waals surface area contributed by atoms with Gasteiger partial charge in [-0.25, -0.2) is 4.98 Å². The zero-order valence-corrected chi connectivity index (χ0v) is 17.6. The third-order valence-electron chi connectivity index (χ3n) is 5.03. The molecule has 3 heterocycles. The van der Waals surface area contributed by atoms with Crippen molar-refractivity contribution in [1.29, 1.82) is 0 Å². The summed E-state index contributed by atoms with van der Waals surface area (Å²) in [6.07, 6.45) is 1.86. The maximum atomic E-state index is 4.92. The first-order valence-electron chi connectivity index (χ1n) is 10.3. The summed E-state index contributed by atoms with van der Waals surface area (Å²) < 4.78 is 2.09. The fourth-order valence-electron chi connectivity index (χ4n) is 3.57. The van der Waals surface area contributed by atoms with Crippen LogP contribution in [0.3, 0.4) is 0 Å². The van der Waals surface area contributed by atoms with Gasteiger partial charge in [0.25, 0.3) is 0 Å². The average molecular weight is 384 g/mol. The molecule has 0 bridgehead atoms. The summed E-state index contributed by atoms with van der Waals surface area (Å²) >= 11 is 0. The second kappa shape index (κ2) is 9.57. The highest BCUT2D eigenvalue weighted by Crippen LogP contribution is 2.13. The molecule has 7 heteroatoms. The number of aryl methyl sites for hydroxylation is 2. The van der Waals surface area contributed by atoms with Gasteiger partial charge >= 0.3 is 0 Å². The van der Waals surface area contributed by atoms with Crippen molar-refractivity contribution in [2.75, 3.05) is 44.2 Å². The van der Waals surface area contributed by atoms with Crippen LogP contribution in [0.4, 0.5) is 5.82 Å². The van der Waals surface area contributed by atoms with Gasteiger partial charge in [0.1, 0.15) is 5.82 Å². The molecule has 7 nitrogen and oxygen atoms in total. The van der Waals surface area contributed by atoms with E-state index in [9.17, 15) is 0 Å². The molecule has 3 rings (SSSR count). The van der Waals surface area contributed by atoms with Crippen LogP contribution in [0.15, 0.2) is 35.5 Å². The molecule has 1 saturated heterocycles. The molecule has 2 aromatic heterocycles. The molecule has 152 valence electrons. The predicted molar refractivity (Wildman–Crippen MR) is 115 cm³/mol. The molecule has 0 aliphatic carbocycles. The van der Waals surface area contributed by atoms with E-state index in [0.717, 1.165) is 63.3 Å². The molecule has 0 radical (unpaired) electrons. The Balaban J connectivity index is 1.56. The Labute approximate surface area is 168 Å². The summed E-state index contributed by atoms with van der Waals surface area (Å²) in [6, 6.07) is 8.21. The van der Waals surface area contributed by atoms with Crippen LogP contribution in [-0.4, -0.2) is 64.9 Å². The average Bonchev–Trinajstić information content (AvgIpc) is 3.02. The fourth-order valence-corrected chi connectivity index (χ4v) is 3.57. The molecule has 1 unspecified atom stereocenters. The second-order valence-corrected chi connectivity index (χ2v) is 7.57. The normalized spacial score (nSPS) is 16.4. The van der Waals surface area contributed by atoms with E-state index in [0.29, 0.717) is 5.92 Å². The summed E-state index contributed by atoms with van der Waals surface area (Å²) in [7, 11) is 0. The molecule has 1 atom stereocenters. The first-order chi connectivity index (χ1) is 13.6. The number of aliphatic imine (C=N–C) groups is 1. The number of pyridine rings is 1. The Kier molecular flexibility index (Phi) is 6.90. The van der Waals surface area contributed by atoms with Crippen LogP contribution in [0.1, 0.15) is 25.2 Å². The molecule has 1 fully saturated rings. The minimum absolute atomic E-state index is 0.432. The largest absolute Gasteiger partial charge is 0.357 e. The van der Waals surface area contributed by atoms with Gasteiger partial charge in [0, 0.05) is 57.7 Å². The van der Waals surface area contributed by atoms with Gasteiger partial charge in [-0.1, -0.05) is 13.0 Å². The first kappa shape index (κ1) is 20.2. The quantitative estimate of drug-likeness (QED) is 0.613. The summed E-state index contributed by atoms with van der Waals surface area (Å²) in [5.41, 5.74) is 2.29. The molecule has 0 spiro atoms. The van der Waals surface area contributed by atoms with Crippen molar-refractivity contribution in [3.05, 3.63) is 41.9 Å². The van der Waals surface area contributed by atoms with Gasteiger partial charge in [0.2, 0.25) is 0 Å². The van der Waals surface area contributed by atoms with Crippen molar-refractivity contribution in [3.63, 3.8) is 0 Å². The SMILES string of the molecule is CCNC(=NCC(C)Cn1nc(C)cc1C)N1CCN(c2ccccn2)CC1. The molecule has 0 aromatic carbocycles. The van der Waals surface area contributed by atoms with Crippen molar-refractivity contribution in [3.8, 4) is 0 Å². The van der Waals surface area contributed by atoms with E-state index in [2.05, 4.69) is 62.8 Å². The molecule has 1 aliphatic heterocycles. The maximum absolute atomic E-state index is 4.92. The predicted octanol–water partition coefficient (Wildman–Crippen LogP) is 2.32. The third kappa shape index (κ3) is 5.24. The fraction of sp³-hybridized carbons (Fsp3) is 0.571. The summed E-state index contributed by atoms with van der Waals surface area (Å²) in [4.78, 5) is 14.1. The second-order valence-electron chi connectivity index (χ2n) is 7.57. The number of piperazine rings is 1. The van der Waals surface area contributed by atoms with Gasteiger partial charge in [-0.15, -0.1) is 0 Å². The zero-order valence-electron chi connectivity index (χ0n) is 17.6. The molecule has 0 saturated carbocycles. The van der Waals surface area contributed by atoms with Gasteiger partial charge in [0.05, 0.1) is 5.69 Å². The van der Waals surface area contributed by atoms with E-state index in [1.54, 1.807) is 0 Å². The van der Waals surface area contributed by atoms with Crippen LogP contribution >= 0.6 is 0 Å². The number of nitrogens with one attached hydrogen (secondary N) is 1. The Morgan fingerprint density at radius 1 is 1.21 bits per heavy atom. The van der Waals surface area contributed by atoms with Gasteiger partial charge < -0.3 is 15.1 Å². The number of guanidine groups is 1. The Morgan fingerprint density at radius 3 is 2.61 bits per heavy atom. The lowest BCUT2D eigenvalue weighted by molar-refractivity contribution is 0.368. The molecular weight excluding hydrogens is 350 g/mol. The number of hydrogen-bond donors (Lipinski definition) is 1. The lowest BCUT2D eigenvalue weighted by Crippen LogP contribution is -2.52. The van der Waals surface area contributed by atoms with Crippen molar-refractivity contribution >= 4 is 11.8 Å². The highest BCUT2D eigenvalue weighted by molar-refractivity contribution is 5.80. The summed E-state index contributed by atoms with van der Waals surface area (Å²) in [5, 5.41) is 8.03. The van der Waals surface area contributed by atoms with Crippen molar-refractivity contribution in [2.45, 2.75) is 34.2 Å². The molecular formula is C21H33N7. The Morgan fingerprint density at radius 2 is 2.00 bits per heavy atom. The molecule has 28 heavy (non-hydrogen) atoms. The Hall–Kier alpha value is -2.57. The summed E-state index contributed by atoms with van der Waals surface area (Å²) in [5.74, 6) is 2.51. The number of nitrogens with zero attached hydrogens (tertiary/aromatic N) is 6. The molecule has 0 amide bonds. The zero-order chi connectivity index (χ0) is 19.9. The lowest BCUT2D eigenvalue weighted by Gasteiger charge is -2.37. The molecule has 1 N–H and O–H groups in total. The van der Waals surface area contributed by atoms with Crippen LogP contribution in [0.2, 0.25) is 0 Å². The van der Waals surface area contributed by atoms with Crippen LogP contribution in [0.5, 0.6) is 0 Å². The number of hydrogen-bond acceptors (Lipinski definition) is 4. The molecule has 1 aliphatic rings. The van der Waals surface area contributed by atoms with Gasteiger partial charge in [-0.2, -0.15) is 5.10 Å². The third-order valence-corrected chi connectivity index (χ3v) is 5.03. The minimum atomic E-state index is 0.432. The number of rotatable bonds is 6. The first-order valence-corrected chi connectivity index (χ1v) is 10.3. The van der Waals surface area contributed by atoms with Crippen molar-refractivity contribution in [1.82, 2.24) is 25.0 Å². The minimum Gasteiger partial charge on any atom is -0.357 e. The topological polar surface area (TPSA) is 61.6 Å². The van der Waals surface area contributed by atoms with Crippen molar-refractivity contribution in [2.24, 2.45) is 10.9 Å². The smallest absolute Gasteiger partial charge is 0.194 e. The lowest BCUT2D eigenvalue weighted by atomic mass is 10.2. The van der Waals surface area contributed by atoms with E-state index >= 15 is 0 Å².